The Balaban J connectivity index is 0. The van der Waals surface area contributed by atoms with Gasteiger partial charge >= 0.3 is 0 Å². The van der Waals surface area contributed by atoms with Gasteiger partial charge in [0.2, 0.25) is 0 Å². The summed E-state index contributed by atoms with van der Waals surface area (Å²) in [6, 6.07) is 0. The van der Waals surface area contributed by atoms with Crippen molar-refractivity contribution in [2.75, 3.05) is 19.0 Å². The Kier molecular flexibility index (Phi) is 20.7. The summed E-state index contributed by atoms with van der Waals surface area (Å²) < 4.78 is 0. The molecule has 0 atom stereocenters. The van der Waals surface area contributed by atoms with Crippen LogP contribution >= 0.6 is 11.6 Å². The molecule has 0 spiro atoms. The molecule has 0 unspecified atom stereocenters. The lowest BCUT2D eigenvalue weighted by Gasteiger charge is -1.84. The molecule has 0 rings (SSSR count). The summed E-state index contributed by atoms with van der Waals surface area (Å²) in [5.41, 5.74) is 9.81. The van der Waals surface area contributed by atoms with Gasteiger partial charge in [0.1, 0.15) is 0 Å². The summed E-state index contributed by atoms with van der Waals surface area (Å²) in [6.45, 7) is 3.37. The first-order valence-corrected chi connectivity index (χ1v) is 4.33. The number of alkyl halides is 1. The fourth-order valence-electron chi connectivity index (χ4n) is 0.344. The van der Waals surface area contributed by atoms with Gasteiger partial charge in [0, 0.05) is 19.0 Å². The third-order valence-electron chi connectivity index (χ3n) is 0.904. The molecule has 0 aromatic heterocycles. The quantitative estimate of drug-likeness (QED) is 0.489. The van der Waals surface area contributed by atoms with Crippen LogP contribution in [0.4, 0.5) is 0 Å². The van der Waals surface area contributed by atoms with Crippen molar-refractivity contribution in [2.24, 2.45) is 11.5 Å². The molecule has 0 aromatic carbocycles. The fraction of sp³-hybridized carbons (Fsp3) is 1.00. The molecule has 0 aliphatic carbocycles. The Morgan fingerprint density at radius 1 is 1.10 bits per heavy atom. The van der Waals surface area contributed by atoms with Gasteiger partial charge in [-0.15, -0.1) is 11.6 Å². The molecule has 0 bridgehead atoms. The van der Waals surface area contributed by atoms with Gasteiger partial charge in [0.05, 0.1) is 0 Å². The SMILES string of the molecule is CCCCCCl.NCCN. The van der Waals surface area contributed by atoms with Gasteiger partial charge < -0.3 is 11.5 Å². The molecule has 0 amide bonds. The van der Waals surface area contributed by atoms with Crippen LogP contribution in [0.1, 0.15) is 26.2 Å². The Bertz CT molecular complexity index is 36.6. The van der Waals surface area contributed by atoms with Crippen molar-refractivity contribution in [2.45, 2.75) is 26.2 Å². The highest BCUT2D eigenvalue weighted by Gasteiger charge is 1.76. The number of nitrogens with two attached hydrogens (primary N) is 2. The topological polar surface area (TPSA) is 52.0 Å². The molecule has 0 aliphatic rings. The summed E-state index contributed by atoms with van der Waals surface area (Å²) in [7, 11) is 0. The lowest BCUT2D eigenvalue weighted by Crippen LogP contribution is -2.11. The Morgan fingerprint density at radius 2 is 1.60 bits per heavy atom. The maximum atomic E-state index is 5.38. The molecule has 0 fully saturated rings. The maximum absolute atomic E-state index is 5.38. The van der Waals surface area contributed by atoms with Crippen LogP contribution in [0.25, 0.3) is 0 Å². The molecular weight excluding hydrogens is 148 g/mol. The van der Waals surface area contributed by atoms with Crippen molar-refractivity contribution >= 4 is 11.6 Å². The second kappa shape index (κ2) is 16.1. The van der Waals surface area contributed by atoms with E-state index in [0.717, 1.165) is 5.88 Å². The average Bonchev–Trinajstić information content (AvgIpc) is 2.01. The zero-order valence-electron chi connectivity index (χ0n) is 6.78. The Morgan fingerprint density at radius 3 is 1.70 bits per heavy atom. The zero-order valence-corrected chi connectivity index (χ0v) is 7.53. The standard InChI is InChI=1S/C5H11Cl.C2H8N2/c1-2-3-4-5-6;3-1-2-4/h2-5H2,1H3;1-4H2. The Labute approximate surface area is 68.9 Å². The monoisotopic (exact) mass is 166 g/mol. The summed E-state index contributed by atoms with van der Waals surface area (Å²) in [4.78, 5) is 0. The molecule has 64 valence electrons. The van der Waals surface area contributed by atoms with Crippen molar-refractivity contribution in [1.29, 1.82) is 0 Å². The molecule has 0 radical (unpaired) electrons. The van der Waals surface area contributed by atoms with Crippen LogP contribution in [0, 0.1) is 0 Å². The summed E-state index contributed by atoms with van der Waals surface area (Å²) in [6.07, 6.45) is 3.73. The first-order chi connectivity index (χ1) is 4.83. The first-order valence-electron chi connectivity index (χ1n) is 3.79. The molecular formula is C7H19ClN2. The minimum absolute atomic E-state index is 0.597. The van der Waals surface area contributed by atoms with E-state index >= 15 is 0 Å². The van der Waals surface area contributed by atoms with Gasteiger partial charge in [-0.2, -0.15) is 0 Å². The second-order valence-electron chi connectivity index (χ2n) is 1.97. The number of unbranched alkanes of at least 4 members (excludes halogenated alkanes) is 2. The van der Waals surface area contributed by atoms with Gasteiger partial charge in [-0.25, -0.2) is 0 Å². The van der Waals surface area contributed by atoms with Crippen molar-refractivity contribution < 1.29 is 0 Å². The van der Waals surface area contributed by atoms with Gasteiger partial charge in [-0.1, -0.05) is 19.8 Å². The highest BCUT2D eigenvalue weighted by atomic mass is 35.5. The van der Waals surface area contributed by atoms with E-state index < -0.39 is 0 Å². The van der Waals surface area contributed by atoms with Crippen LogP contribution in [0.15, 0.2) is 0 Å². The van der Waals surface area contributed by atoms with E-state index in [2.05, 4.69) is 6.92 Å². The minimum atomic E-state index is 0.597. The molecule has 2 nitrogen and oxygen atoms in total. The lowest BCUT2D eigenvalue weighted by molar-refractivity contribution is 0.776. The van der Waals surface area contributed by atoms with Gasteiger partial charge in [-0.05, 0) is 6.42 Å². The lowest BCUT2D eigenvalue weighted by atomic mass is 10.3. The molecule has 0 saturated heterocycles. The molecule has 0 aromatic rings. The molecule has 4 N–H and O–H groups in total. The van der Waals surface area contributed by atoms with E-state index in [1.165, 1.54) is 19.3 Å². The molecule has 0 saturated carbocycles. The number of rotatable bonds is 4. The molecule has 0 heterocycles. The fourth-order valence-corrected chi connectivity index (χ4v) is 0.533. The van der Waals surface area contributed by atoms with Crippen molar-refractivity contribution in [3.8, 4) is 0 Å². The highest BCUT2D eigenvalue weighted by Crippen LogP contribution is 1.93. The maximum Gasteiger partial charge on any atom is 0.0223 e. The van der Waals surface area contributed by atoms with E-state index in [9.17, 15) is 0 Å². The summed E-state index contributed by atoms with van der Waals surface area (Å²) in [5.74, 6) is 0.827. The molecule has 10 heavy (non-hydrogen) atoms. The van der Waals surface area contributed by atoms with E-state index in [4.69, 9.17) is 23.1 Å². The minimum Gasteiger partial charge on any atom is -0.329 e. The predicted molar refractivity (Wildman–Crippen MR) is 48.4 cm³/mol. The van der Waals surface area contributed by atoms with Gasteiger partial charge in [0.25, 0.3) is 0 Å². The van der Waals surface area contributed by atoms with Crippen LogP contribution in [0.5, 0.6) is 0 Å². The first kappa shape index (κ1) is 12.8. The van der Waals surface area contributed by atoms with Gasteiger partial charge in [-0.3, -0.25) is 0 Å². The number of halogens is 1. The predicted octanol–water partition coefficient (Wildman–Crippen LogP) is 1.32. The third-order valence-corrected chi connectivity index (χ3v) is 1.17. The largest absolute Gasteiger partial charge is 0.329 e. The van der Waals surface area contributed by atoms with Crippen LogP contribution in [0.2, 0.25) is 0 Å². The van der Waals surface area contributed by atoms with Crippen LogP contribution in [-0.2, 0) is 0 Å². The third kappa shape index (κ3) is 24.1. The second-order valence-corrected chi connectivity index (χ2v) is 2.35. The van der Waals surface area contributed by atoms with Gasteiger partial charge in [0.15, 0.2) is 0 Å². The Hall–Kier alpha value is 0.210. The molecule has 0 aliphatic heterocycles. The van der Waals surface area contributed by atoms with E-state index in [0.29, 0.717) is 13.1 Å². The van der Waals surface area contributed by atoms with E-state index in [-0.39, 0.29) is 0 Å². The average molecular weight is 167 g/mol. The van der Waals surface area contributed by atoms with Crippen molar-refractivity contribution in [1.82, 2.24) is 0 Å². The zero-order chi connectivity index (χ0) is 8.24. The van der Waals surface area contributed by atoms with Crippen molar-refractivity contribution in [3.63, 3.8) is 0 Å². The summed E-state index contributed by atoms with van der Waals surface area (Å²) >= 11 is 5.38. The smallest absolute Gasteiger partial charge is 0.0223 e. The van der Waals surface area contributed by atoms with Crippen LogP contribution in [0.3, 0.4) is 0 Å². The van der Waals surface area contributed by atoms with E-state index in [1.54, 1.807) is 0 Å². The normalized spacial score (nSPS) is 8.40. The van der Waals surface area contributed by atoms with Crippen LogP contribution in [-0.4, -0.2) is 19.0 Å². The molecule has 3 heteroatoms. The number of hydrogen-bond acceptors (Lipinski definition) is 2. The number of hydrogen-bond donors (Lipinski definition) is 2. The highest BCUT2D eigenvalue weighted by molar-refractivity contribution is 6.17. The van der Waals surface area contributed by atoms with E-state index in [1.807, 2.05) is 0 Å². The van der Waals surface area contributed by atoms with Crippen LogP contribution < -0.4 is 11.5 Å². The summed E-state index contributed by atoms with van der Waals surface area (Å²) in [5, 5.41) is 0. The van der Waals surface area contributed by atoms with Crippen molar-refractivity contribution in [3.05, 3.63) is 0 Å².